The van der Waals surface area contributed by atoms with Gasteiger partial charge in [0.15, 0.2) is 5.82 Å². The van der Waals surface area contributed by atoms with E-state index < -0.39 is 0 Å². The monoisotopic (exact) mass is 433 g/mol. The first-order chi connectivity index (χ1) is 15.6. The molecule has 1 amide bonds. The molecule has 32 heavy (non-hydrogen) atoms. The van der Waals surface area contributed by atoms with Crippen molar-refractivity contribution in [2.75, 3.05) is 18.5 Å². The predicted molar refractivity (Wildman–Crippen MR) is 120 cm³/mol. The topological polar surface area (TPSA) is 89.8 Å². The maximum atomic E-state index is 12.1. The highest BCUT2D eigenvalue weighted by Crippen LogP contribution is 2.34. The number of carbonyl (C=O) groups is 1. The summed E-state index contributed by atoms with van der Waals surface area (Å²) < 4.78 is 13.9. The smallest absolute Gasteiger partial charge is 0.228 e. The molecule has 8 heteroatoms. The zero-order valence-corrected chi connectivity index (χ0v) is 18.1. The summed E-state index contributed by atoms with van der Waals surface area (Å²) in [4.78, 5) is 16.6. The fourth-order valence-electron chi connectivity index (χ4n) is 4.72. The van der Waals surface area contributed by atoms with Crippen molar-refractivity contribution in [3.8, 4) is 16.9 Å². The maximum absolute atomic E-state index is 12.1. The second-order valence-electron chi connectivity index (χ2n) is 9.21. The van der Waals surface area contributed by atoms with Crippen LogP contribution >= 0.6 is 0 Å². The molecule has 2 aliphatic heterocycles. The average Bonchev–Trinajstić information content (AvgIpc) is 3.55. The lowest BCUT2D eigenvalue weighted by molar-refractivity contribution is -0.117. The Morgan fingerprint density at radius 1 is 1.22 bits per heavy atom. The minimum atomic E-state index is 0.0613. The molecule has 3 aliphatic rings. The van der Waals surface area contributed by atoms with Gasteiger partial charge in [-0.05, 0) is 43.5 Å². The number of ether oxygens (including phenoxy) is 2. The van der Waals surface area contributed by atoms with Crippen molar-refractivity contribution in [2.45, 2.75) is 50.8 Å². The number of hydrogen-bond donors (Lipinski definition) is 2. The Balaban J connectivity index is 1.27. The van der Waals surface area contributed by atoms with Gasteiger partial charge in [-0.3, -0.25) is 9.78 Å². The van der Waals surface area contributed by atoms with Gasteiger partial charge in [0, 0.05) is 54.4 Å². The number of aromatic nitrogens is 3. The number of nitrogens with one attached hydrogen (secondary N) is 2. The lowest BCUT2D eigenvalue weighted by Crippen LogP contribution is -2.56. The third kappa shape index (κ3) is 3.96. The lowest BCUT2D eigenvalue weighted by atomic mass is 9.94. The molecule has 2 bridgehead atoms. The van der Waals surface area contributed by atoms with E-state index in [-0.39, 0.29) is 17.9 Å². The molecule has 2 saturated heterocycles. The Kier molecular flexibility index (Phi) is 4.84. The summed E-state index contributed by atoms with van der Waals surface area (Å²) in [6.45, 7) is 3.47. The highest BCUT2D eigenvalue weighted by atomic mass is 16.5. The summed E-state index contributed by atoms with van der Waals surface area (Å²) in [7, 11) is 0. The van der Waals surface area contributed by atoms with Gasteiger partial charge < -0.3 is 20.1 Å². The highest BCUT2D eigenvalue weighted by Gasteiger charge is 2.33. The quantitative estimate of drug-likeness (QED) is 0.643. The van der Waals surface area contributed by atoms with Crippen molar-refractivity contribution >= 4 is 17.2 Å². The van der Waals surface area contributed by atoms with E-state index in [1.54, 1.807) is 4.52 Å². The van der Waals surface area contributed by atoms with Gasteiger partial charge in [-0.2, -0.15) is 5.10 Å². The number of amides is 1. The van der Waals surface area contributed by atoms with Gasteiger partial charge in [-0.15, -0.1) is 0 Å². The van der Waals surface area contributed by atoms with E-state index in [4.69, 9.17) is 9.47 Å². The summed E-state index contributed by atoms with van der Waals surface area (Å²) in [5.74, 6) is 1.60. The van der Waals surface area contributed by atoms with Gasteiger partial charge >= 0.3 is 0 Å². The SMILES string of the molecule is Cc1cc(-c2ccn3nc(NC(=O)C4CC4)cc3c2)c(O[C@H]2C[C@H]3COC[C@@H](C2)N3)cn1. The fraction of sp³-hybridized carbons (Fsp3) is 0.458. The first kappa shape index (κ1) is 19.7. The molecule has 0 aromatic carbocycles. The fourth-order valence-corrected chi connectivity index (χ4v) is 4.72. The Bertz CT molecular complexity index is 1160. The summed E-state index contributed by atoms with van der Waals surface area (Å²) in [6.07, 6.45) is 7.69. The van der Waals surface area contributed by atoms with E-state index in [9.17, 15) is 4.79 Å². The number of hydrogen-bond acceptors (Lipinski definition) is 6. The van der Waals surface area contributed by atoms with E-state index in [0.29, 0.717) is 17.9 Å². The van der Waals surface area contributed by atoms with Crippen LogP contribution in [0.15, 0.2) is 36.7 Å². The Labute approximate surface area is 186 Å². The molecule has 2 N–H and O–H groups in total. The molecule has 1 aliphatic carbocycles. The van der Waals surface area contributed by atoms with Crippen LogP contribution in [0.2, 0.25) is 0 Å². The van der Waals surface area contributed by atoms with Crippen LogP contribution in [0.5, 0.6) is 5.75 Å². The maximum Gasteiger partial charge on any atom is 0.228 e. The second kappa shape index (κ2) is 7.86. The Morgan fingerprint density at radius 3 is 2.81 bits per heavy atom. The Hall–Kier alpha value is -2.97. The molecule has 8 nitrogen and oxygen atoms in total. The number of rotatable bonds is 5. The molecule has 5 heterocycles. The first-order valence-corrected chi connectivity index (χ1v) is 11.4. The number of morpholine rings is 1. The predicted octanol–water partition coefficient (Wildman–Crippen LogP) is 2.95. The minimum Gasteiger partial charge on any atom is -0.488 e. The van der Waals surface area contributed by atoms with Gasteiger partial charge in [0.1, 0.15) is 11.9 Å². The van der Waals surface area contributed by atoms with Crippen molar-refractivity contribution in [2.24, 2.45) is 5.92 Å². The van der Waals surface area contributed by atoms with Crippen LogP contribution in [-0.2, 0) is 9.53 Å². The van der Waals surface area contributed by atoms with Crippen LogP contribution in [0.1, 0.15) is 31.4 Å². The third-order valence-electron chi connectivity index (χ3n) is 6.48. The first-order valence-electron chi connectivity index (χ1n) is 11.4. The molecule has 3 fully saturated rings. The molecule has 3 aromatic rings. The second-order valence-corrected chi connectivity index (χ2v) is 9.21. The van der Waals surface area contributed by atoms with Crippen molar-refractivity contribution < 1.29 is 14.3 Å². The minimum absolute atomic E-state index is 0.0613. The molecule has 0 spiro atoms. The van der Waals surface area contributed by atoms with Gasteiger partial charge in [-0.1, -0.05) is 0 Å². The van der Waals surface area contributed by atoms with Crippen LogP contribution in [0.3, 0.4) is 0 Å². The number of anilines is 1. The molecular weight excluding hydrogens is 406 g/mol. The highest BCUT2D eigenvalue weighted by molar-refractivity contribution is 5.93. The van der Waals surface area contributed by atoms with Crippen LogP contribution in [0, 0.1) is 12.8 Å². The van der Waals surface area contributed by atoms with E-state index in [1.807, 2.05) is 31.5 Å². The molecule has 0 unspecified atom stereocenters. The molecule has 3 aromatic heterocycles. The summed E-state index contributed by atoms with van der Waals surface area (Å²) in [5, 5.41) is 11.0. The largest absolute Gasteiger partial charge is 0.488 e. The van der Waals surface area contributed by atoms with Gasteiger partial charge in [-0.25, -0.2) is 4.52 Å². The normalized spacial score (nSPS) is 25.0. The number of nitrogens with zero attached hydrogens (tertiary/aromatic N) is 3. The average molecular weight is 434 g/mol. The van der Waals surface area contributed by atoms with Crippen LogP contribution < -0.4 is 15.4 Å². The zero-order chi connectivity index (χ0) is 21.7. The van der Waals surface area contributed by atoms with E-state index in [2.05, 4.69) is 32.8 Å². The van der Waals surface area contributed by atoms with Gasteiger partial charge in [0.05, 0.1) is 24.9 Å². The molecule has 166 valence electrons. The summed E-state index contributed by atoms with van der Waals surface area (Å²) in [5.41, 5.74) is 3.91. The van der Waals surface area contributed by atoms with E-state index >= 15 is 0 Å². The standard InChI is InChI=1S/C24H27N5O3/c1-14-6-21(22(11-25-14)32-20-8-17-12-31-13-18(9-20)26-17)16-4-5-29-19(7-16)10-23(28-29)27-24(30)15-2-3-15/h4-7,10-11,15,17-18,20,26H,2-3,8-9,12-13H2,1H3,(H,27,28,30)/t17-,18+,20-. The zero-order valence-electron chi connectivity index (χ0n) is 18.1. The van der Waals surface area contributed by atoms with Crippen LogP contribution in [0.4, 0.5) is 5.82 Å². The summed E-state index contributed by atoms with van der Waals surface area (Å²) >= 11 is 0. The molecule has 6 rings (SSSR count). The lowest BCUT2D eigenvalue weighted by Gasteiger charge is -2.40. The number of piperidine rings is 1. The van der Waals surface area contributed by atoms with Crippen molar-refractivity contribution in [1.29, 1.82) is 0 Å². The van der Waals surface area contributed by atoms with Crippen LogP contribution in [-0.4, -0.2) is 51.9 Å². The van der Waals surface area contributed by atoms with Crippen molar-refractivity contribution in [3.05, 3.63) is 42.4 Å². The number of pyridine rings is 2. The van der Waals surface area contributed by atoms with E-state index in [1.165, 1.54) is 0 Å². The molecule has 3 atom stereocenters. The molecule has 0 radical (unpaired) electrons. The Morgan fingerprint density at radius 2 is 2.03 bits per heavy atom. The number of carbonyl (C=O) groups excluding carboxylic acids is 1. The summed E-state index contributed by atoms with van der Waals surface area (Å²) in [6, 6.07) is 8.78. The van der Waals surface area contributed by atoms with Gasteiger partial charge in [0.2, 0.25) is 5.91 Å². The van der Waals surface area contributed by atoms with Crippen molar-refractivity contribution in [1.82, 2.24) is 19.9 Å². The molecular formula is C24H27N5O3. The number of fused-ring (bicyclic) bond motifs is 3. The van der Waals surface area contributed by atoms with Crippen LogP contribution in [0.25, 0.3) is 16.6 Å². The van der Waals surface area contributed by atoms with Gasteiger partial charge in [0.25, 0.3) is 0 Å². The van der Waals surface area contributed by atoms with Crippen molar-refractivity contribution in [3.63, 3.8) is 0 Å². The molecule has 1 saturated carbocycles. The third-order valence-corrected chi connectivity index (χ3v) is 6.48. The number of aryl methyl sites for hydroxylation is 1. The van der Waals surface area contributed by atoms with E-state index in [0.717, 1.165) is 67.0 Å².